The van der Waals surface area contributed by atoms with Crippen molar-refractivity contribution < 1.29 is 9.47 Å². The van der Waals surface area contributed by atoms with Crippen LogP contribution in [0, 0.1) is 0 Å². The lowest BCUT2D eigenvalue weighted by Gasteiger charge is -2.09. The number of hydrogen-bond donors (Lipinski definition) is 1. The van der Waals surface area contributed by atoms with Crippen molar-refractivity contribution in [3.05, 3.63) is 60.3 Å². The maximum Gasteiger partial charge on any atom is 0.146 e. The van der Waals surface area contributed by atoms with Gasteiger partial charge in [0.1, 0.15) is 18.1 Å². The Labute approximate surface area is 111 Å². The van der Waals surface area contributed by atoms with Crippen LogP contribution in [-0.4, -0.2) is 12.1 Å². The van der Waals surface area contributed by atoms with Crippen LogP contribution in [0.2, 0.25) is 0 Å². The fourth-order valence-corrected chi connectivity index (χ4v) is 2.10. The summed E-state index contributed by atoms with van der Waals surface area (Å²) in [6.45, 7) is 0.555. The monoisotopic (exact) mass is 253 g/mol. The van der Waals surface area contributed by atoms with Gasteiger partial charge >= 0.3 is 0 Å². The molecule has 0 radical (unpaired) electrons. The van der Waals surface area contributed by atoms with Gasteiger partial charge in [0.2, 0.25) is 0 Å². The van der Waals surface area contributed by atoms with Gasteiger partial charge in [-0.15, -0.1) is 0 Å². The van der Waals surface area contributed by atoms with Crippen molar-refractivity contribution in [2.75, 3.05) is 7.11 Å². The van der Waals surface area contributed by atoms with Crippen molar-refractivity contribution in [2.24, 2.45) is 0 Å². The van der Waals surface area contributed by atoms with Gasteiger partial charge in [-0.2, -0.15) is 0 Å². The molecular formula is C16H15NO2. The Hall–Kier alpha value is -2.42. The zero-order valence-electron chi connectivity index (χ0n) is 10.7. The summed E-state index contributed by atoms with van der Waals surface area (Å²) in [5.41, 5.74) is 2.14. The Balaban J connectivity index is 1.85. The van der Waals surface area contributed by atoms with Crippen LogP contribution in [-0.2, 0) is 6.61 Å². The highest BCUT2D eigenvalue weighted by Gasteiger charge is 2.06. The first-order chi connectivity index (χ1) is 9.36. The quantitative estimate of drug-likeness (QED) is 0.768. The highest BCUT2D eigenvalue weighted by atomic mass is 16.5. The van der Waals surface area contributed by atoms with Crippen molar-refractivity contribution in [2.45, 2.75) is 6.61 Å². The van der Waals surface area contributed by atoms with E-state index >= 15 is 0 Å². The molecule has 3 rings (SSSR count). The Kier molecular flexibility index (Phi) is 3.11. The summed E-state index contributed by atoms with van der Waals surface area (Å²) >= 11 is 0. The number of methoxy groups -OCH3 is 1. The van der Waals surface area contributed by atoms with E-state index in [1.807, 2.05) is 54.7 Å². The molecule has 1 N–H and O–H groups in total. The van der Waals surface area contributed by atoms with E-state index in [0.717, 1.165) is 28.0 Å². The summed E-state index contributed by atoms with van der Waals surface area (Å²) in [5, 5.41) is 1.09. The van der Waals surface area contributed by atoms with Crippen molar-refractivity contribution in [3.8, 4) is 11.5 Å². The second-order valence-electron chi connectivity index (χ2n) is 4.34. The third kappa shape index (κ3) is 2.40. The fraction of sp³-hybridized carbons (Fsp3) is 0.125. The van der Waals surface area contributed by atoms with Gasteiger partial charge in [-0.05, 0) is 17.7 Å². The SMILES string of the molecule is COc1cc(OCc2ccccc2)cc2cc[nH]c12. The number of aromatic amines is 1. The highest BCUT2D eigenvalue weighted by molar-refractivity contribution is 5.86. The van der Waals surface area contributed by atoms with Crippen LogP contribution in [0.4, 0.5) is 0 Å². The van der Waals surface area contributed by atoms with Gasteiger partial charge in [-0.1, -0.05) is 30.3 Å². The van der Waals surface area contributed by atoms with Crippen LogP contribution in [0.25, 0.3) is 10.9 Å². The van der Waals surface area contributed by atoms with Crippen LogP contribution in [0.15, 0.2) is 54.7 Å². The average molecular weight is 253 g/mol. The van der Waals surface area contributed by atoms with E-state index in [1.54, 1.807) is 7.11 Å². The van der Waals surface area contributed by atoms with E-state index in [0.29, 0.717) is 6.61 Å². The lowest BCUT2D eigenvalue weighted by Crippen LogP contribution is -1.95. The minimum Gasteiger partial charge on any atom is -0.494 e. The first-order valence-electron chi connectivity index (χ1n) is 6.18. The molecule has 96 valence electrons. The number of benzene rings is 2. The summed E-state index contributed by atoms with van der Waals surface area (Å²) < 4.78 is 11.2. The molecule has 0 saturated carbocycles. The van der Waals surface area contributed by atoms with Gasteiger partial charge in [0.05, 0.1) is 12.6 Å². The fourth-order valence-electron chi connectivity index (χ4n) is 2.10. The molecule has 0 aliphatic rings. The number of ether oxygens (including phenoxy) is 2. The van der Waals surface area contributed by atoms with E-state index in [4.69, 9.17) is 9.47 Å². The molecule has 19 heavy (non-hydrogen) atoms. The third-order valence-electron chi connectivity index (χ3n) is 3.06. The molecule has 0 bridgehead atoms. The molecule has 0 atom stereocenters. The van der Waals surface area contributed by atoms with Crippen LogP contribution in [0.1, 0.15) is 5.56 Å². The van der Waals surface area contributed by atoms with E-state index in [1.165, 1.54) is 0 Å². The lowest BCUT2D eigenvalue weighted by molar-refractivity contribution is 0.304. The summed E-state index contributed by atoms with van der Waals surface area (Å²) in [7, 11) is 1.66. The predicted molar refractivity (Wildman–Crippen MR) is 75.6 cm³/mol. The normalized spacial score (nSPS) is 10.6. The van der Waals surface area contributed by atoms with Crippen molar-refractivity contribution in [3.63, 3.8) is 0 Å². The molecule has 1 aromatic heterocycles. The minimum atomic E-state index is 0.555. The molecule has 0 unspecified atom stereocenters. The first-order valence-corrected chi connectivity index (χ1v) is 6.18. The maximum absolute atomic E-state index is 5.82. The van der Waals surface area contributed by atoms with Gasteiger partial charge in [-0.25, -0.2) is 0 Å². The number of H-pyrrole nitrogens is 1. The number of fused-ring (bicyclic) bond motifs is 1. The van der Waals surface area contributed by atoms with Gasteiger partial charge in [0.15, 0.2) is 0 Å². The smallest absolute Gasteiger partial charge is 0.146 e. The molecular weight excluding hydrogens is 238 g/mol. The summed E-state index contributed by atoms with van der Waals surface area (Å²) in [4.78, 5) is 3.16. The van der Waals surface area contributed by atoms with Crippen molar-refractivity contribution in [1.29, 1.82) is 0 Å². The molecule has 1 heterocycles. The maximum atomic E-state index is 5.82. The molecule has 0 spiro atoms. The predicted octanol–water partition coefficient (Wildman–Crippen LogP) is 3.76. The Morgan fingerprint density at radius 3 is 2.68 bits per heavy atom. The van der Waals surface area contributed by atoms with Gasteiger partial charge in [0, 0.05) is 17.6 Å². The number of hydrogen-bond acceptors (Lipinski definition) is 2. The Morgan fingerprint density at radius 2 is 1.89 bits per heavy atom. The van der Waals surface area contributed by atoms with Crippen LogP contribution >= 0.6 is 0 Å². The molecule has 0 amide bonds. The van der Waals surface area contributed by atoms with Gasteiger partial charge in [-0.3, -0.25) is 0 Å². The lowest BCUT2D eigenvalue weighted by atomic mass is 10.2. The van der Waals surface area contributed by atoms with E-state index in [2.05, 4.69) is 4.98 Å². The second-order valence-corrected chi connectivity index (χ2v) is 4.34. The molecule has 0 aliphatic carbocycles. The van der Waals surface area contributed by atoms with Crippen molar-refractivity contribution >= 4 is 10.9 Å². The zero-order chi connectivity index (χ0) is 13.1. The molecule has 2 aromatic carbocycles. The Morgan fingerprint density at radius 1 is 1.05 bits per heavy atom. The third-order valence-corrected chi connectivity index (χ3v) is 3.06. The summed E-state index contributed by atoms with van der Waals surface area (Å²) in [6, 6.07) is 16.0. The topological polar surface area (TPSA) is 34.2 Å². The van der Waals surface area contributed by atoms with Crippen LogP contribution < -0.4 is 9.47 Å². The number of nitrogens with one attached hydrogen (secondary N) is 1. The average Bonchev–Trinajstić information content (AvgIpc) is 2.93. The van der Waals surface area contributed by atoms with Crippen LogP contribution in [0.3, 0.4) is 0 Å². The first kappa shape index (κ1) is 11.7. The minimum absolute atomic E-state index is 0.555. The molecule has 3 heteroatoms. The number of rotatable bonds is 4. The van der Waals surface area contributed by atoms with Crippen LogP contribution in [0.5, 0.6) is 11.5 Å². The Bertz CT molecular complexity index is 674. The molecule has 0 saturated heterocycles. The van der Waals surface area contributed by atoms with E-state index in [9.17, 15) is 0 Å². The van der Waals surface area contributed by atoms with Gasteiger partial charge in [0.25, 0.3) is 0 Å². The summed E-state index contributed by atoms with van der Waals surface area (Å²) in [6.07, 6.45) is 1.90. The standard InChI is InChI=1S/C16H15NO2/c1-18-15-10-14(9-13-7-8-17-16(13)15)19-11-12-5-3-2-4-6-12/h2-10,17H,11H2,1H3. The highest BCUT2D eigenvalue weighted by Crippen LogP contribution is 2.30. The molecule has 3 nitrogen and oxygen atoms in total. The number of aromatic nitrogens is 1. The van der Waals surface area contributed by atoms with Gasteiger partial charge < -0.3 is 14.5 Å². The second kappa shape index (κ2) is 5.06. The van der Waals surface area contributed by atoms with Crippen molar-refractivity contribution in [1.82, 2.24) is 4.98 Å². The summed E-state index contributed by atoms with van der Waals surface area (Å²) in [5.74, 6) is 1.61. The van der Waals surface area contributed by atoms with E-state index < -0.39 is 0 Å². The molecule has 0 fully saturated rings. The molecule has 3 aromatic rings. The van der Waals surface area contributed by atoms with E-state index in [-0.39, 0.29) is 0 Å². The largest absolute Gasteiger partial charge is 0.494 e. The zero-order valence-corrected chi connectivity index (χ0v) is 10.7. The molecule has 0 aliphatic heterocycles.